The van der Waals surface area contributed by atoms with Gasteiger partial charge in [-0.1, -0.05) is 12.1 Å². The first kappa shape index (κ1) is 15.8. The highest BCUT2D eigenvalue weighted by atomic mass is 16.5. The first-order valence-corrected chi connectivity index (χ1v) is 7.50. The lowest BCUT2D eigenvalue weighted by molar-refractivity contribution is -0.132. The Morgan fingerprint density at radius 3 is 2.57 bits per heavy atom. The van der Waals surface area contributed by atoms with E-state index in [1.807, 2.05) is 17.0 Å². The number of methoxy groups -OCH3 is 1. The number of carbonyl (C=O) groups is 1. The number of ether oxygens (including phenoxy) is 1. The molecule has 21 heavy (non-hydrogen) atoms. The van der Waals surface area contributed by atoms with Gasteiger partial charge in [-0.25, -0.2) is 0 Å². The summed E-state index contributed by atoms with van der Waals surface area (Å²) >= 11 is 0. The quantitative estimate of drug-likeness (QED) is 0.902. The van der Waals surface area contributed by atoms with Gasteiger partial charge in [0.25, 0.3) is 0 Å². The third-order valence-electron chi connectivity index (χ3n) is 3.85. The molecule has 1 saturated heterocycles. The summed E-state index contributed by atoms with van der Waals surface area (Å²) in [6.45, 7) is 6.13. The smallest absolute Gasteiger partial charge is 0.239 e. The topological polar surface area (TPSA) is 58.8 Å². The summed E-state index contributed by atoms with van der Waals surface area (Å²) in [5.41, 5.74) is 6.95. The molecule has 5 nitrogen and oxygen atoms in total. The number of nitrogens with two attached hydrogens (primary N) is 1. The molecule has 0 saturated carbocycles. The van der Waals surface area contributed by atoms with Crippen LogP contribution in [0.4, 0.5) is 0 Å². The van der Waals surface area contributed by atoms with Gasteiger partial charge in [0.1, 0.15) is 5.75 Å². The van der Waals surface area contributed by atoms with Crippen LogP contribution in [0.1, 0.15) is 18.9 Å². The van der Waals surface area contributed by atoms with Crippen molar-refractivity contribution in [1.82, 2.24) is 9.80 Å². The summed E-state index contributed by atoms with van der Waals surface area (Å²) in [4.78, 5) is 16.2. The number of hydrogen-bond acceptors (Lipinski definition) is 4. The first-order chi connectivity index (χ1) is 10.1. The molecule has 0 aromatic heterocycles. The minimum absolute atomic E-state index is 0.0568. The number of rotatable bonds is 4. The van der Waals surface area contributed by atoms with E-state index >= 15 is 0 Å². The van der Waals surface area contributed by atoms with Gasteiger partial charge in [0.15, 0.2) is 0 Å². The number of benzene rings is 1. The van der Waals surface area contributed by atoms with Crippen molar-refractivity contribution < 1.29 is 9.53 Å². The summed E-state index contributed by atoms with van der Waals surface area (Å²) < 4.78 is 5.17. The Morgan fingerprint density at radius 2 is 1.95 bits per heavy atom. The molecule has 0 aliphatic carbocycles. The van der Waals surface area contributed by atoms with Crippen molar-refractivity contribution in [2.24, 2.45) is 5.73 Å². The third kappa shape index (κ3) is 4.44. The maximum Gasteiger partial charge on any atom is 0.239 e. The van der Waals surface area contributed by atoms with Gasteiger partial charge in [0.05, 0.1) is 13.2 Å². The van der Waals surface area contributed by atoms with Crippen LogP contribution in [0.2, 0.25) is 0 Å². The fourth-order valence-corrected chi connectivity index (χ4v) is 2.63. The van der Waals surface area contributed by atoms with E-state index in [0.29, 0.717) is 0 Å². The SMILES string of the molecule is COc1ccc(CN2CCCN(C(=O)[C@@H](C)N)CC2)cc1. The lowest BCUT2D eigenvalue weighted by Crippen LogP contribution is -2.43. The van der Waals surface area contributed by atoms with Crippen molar-refractivity contribution in [3.63, 3.8) is 0 Å². The monoisotopic (exact) mass is 291 g/mol. The molecule has 0 radical (unpaired) electrons. The number of carbonyl (C=O) groups excluding carboxylic acids is 1. The van der Waals surface area contributed by atoms with E-state index in [4.69, 9.17) is 10.5 Å². The zero-order valence-corrected chi connectivity index (χ0v) is 12.9. The summed E-state index contributed by atoms with van der Waals surface area (Å²) in [6.07, 6.45) is 0.995. The maximum atomic E-state index is 12.0. The van der Waals surface area contributed by atoms with Gasteiger partial charge in [-0.2, -0.15) is 0 Å². The fourth-order valence-electron chi connectivity index (χ4n) is 2.63. The molecule has 5 heteroatoms. The second-order valence-electron chi connectivity index (χ2n) is 5.59. The van der Waals surface area contributed by atoms with Crippen LogP contribution >= 0.6 is 0 Å². The van der Waals surface area contributed by atoms with Gasteiger partial charge >= 0.3 is 0 Å². The molecule has 2 rings (SSSR count). The molecule has 1 aliphatic rings. The second kappa shape index (κ2) is 7.43. The highest BCUT2D eigenvalue weighted by Crippen LogP contribution is 2.14. The minimum Gasteiger partial charge on any atom is -0.497 e. The van der Waals surface area contributed by atoms with Crippen molar-refractivity contribution >= 4 is 5.91 Å². The highest BCUT2D eigenvalue weighted by molar-refractivity contribution is 5.81. The molecule has 1 amide bonds. The fraction of sp³-hybridized carbons (Fsp3) is 0.562. The van der Waals surface area contributed by atoms with Crippen LogP contribution in [0.3, 0.4) is 0 Å². The standard InChI is InChI=1S/C16H25N3O2/c1-13(17)16(20)19-9-3-8-18(10-11-19)12-14-4-6-15(21-2)7-5-14/h4-7,13H,3,8-12,17H2,1-2H3/t13-/m1/s1. The van der Waals surface area contributed by atoms with E-state index in [2.05, 4.69) is 17.0 Å². The van der Waals surface area contributed by atoms with Crippen LogP contribution in [0, 0.1) is 0 Å². The predicted octanol–water partition coefficient (Wildman–Crippen LogP) is 1.08. The van der Waals surface area contributed by atoms with Crippen molar-refractivity contribution in [1.29, 1.82) is 0 Å². The Labute approximate surface area is 126 Å². The average molecular weight is 291 g/mol. The molecule has 1 atom stereocenters. The third-order valence-corrected chi connectivity index (χ3v) is 3.85. The molecule has 2 N–H and O–H groups in total. The Hall–Kier alpha value is -1.59. The normalized spacial score (nSPS) is 18.1. The number of hydrogen-bond donors (Lipinski definition) is 1. The first-order valence-electron chi connectivity index (χ1n) is 7.50. The molecular formula is C16H25N3O2. The highest BCUT2D eigenvalue weighted by Gasteiger charge is 2.21. The largest absolute Gasteiger partial charge is 0.497 e. The van der Waals surface area contributed by atoms with Gasteiger partial charge in [0, 0.05) is 32.7 Å². The summed E-state index contributed by atoms with van der Waals surface area (Å²) in [5, 5.41) is 0. The predicted molar refractivity (Wildman–Crippen MR) is 83.1 cm³/mol. The molecule has 1 aliphatic heterocycles. The molecule has 1 aromatic rings. The lowest BCUT2D eigenvalue weighted by Gasteiger charge is -2.23. The van der Waals surface area contributed by atoms with Crippen molar-refractivity contribution in [2.45, 2.75) is 25.9 Å². The van der Waals surface area contributed by atoms with E-state index < -0.39 is 6.04 Å². The Bertz CT molecular complexity index is 459. The van der Waals surface area contributed by atoms with Crippen LogP contribution in [0.15, 0.2) is 24.3 Å². The van der Waals surface area contributed by atoms with Crippen molar-refractivity contribution in [3.05, 3.63) is 29.8 Å². The molecule has 0 spiro atoms. The Kier molecular flexibility index (Phi) is 5.59. The second-order valence-corrected chi connectivity index (χ2v) is 5.59. The molecule has 0 bridgehead atoms. The van der Waals surface area contributed by atoms with E-state index in [1.54, 1.807) is 14.0 Å². The molecule has 1 heterocycles. The summed E-state index contributed by atoms with van der Waals surface area (Å²) in [5.74, 6) is 0.935. The average Bonchev–Trinajstić information content (AvgIpc) is 2.73. The van der Waals surface area contributed by atoms with E-state index in [9.17, 15) is 4.79 Å². The van der Waals surface area contributed by atoms with Crippen LogP contribution in [0.25, 0.3) is 0 Å². The van der Waals surface area contributed by atoms with Gasteiger partial charge in [-0.05, 0) is 31.0 Å². The Balaban J connectivity index is 1.89. The van der Waals surface area contributed by atoms with Gasteiger partial charge in [-0.15, -0.1) is 0 Å². The summed E-state index contributed by atoms with van der Waals surface area (Å²) in [7, 11) is 1.67. The van der Waals surface area contributed by atoms with Crippen molar-refractivity contribution in [2.75, 3.05) is 33.3 Å². The maximum absolute atomic E-state index is 12.0. The zero-order chi connectivity index (χ0) is 15.2. The van der Waals surface area contributed by atoms with E-state index in [-0.39, 0.29) is 5.91 Å². The number of amides is 1. The van der Waals surface area contributed by atoms with E-state index in [1.165, 1.54) is 5.56 Å². The molecule has 1 fully saturated rings. The van der Waals surface area contributed by atoms with Gasteiger partial charge < -0.3 is 15.4 Å². The lowest BCUT2D eigenvalue weighted by atomic mass is 10.2. The molecule has 1 aromatic carbocycles. The van der Waals surface area contributed by atoms with Crippen molar-refractivity contribution in [3.8, 4) is 5.75 Å². The van der Waals surface area contributed by atoms with Crippen LogP contribution in [0.5, 0.6) is 5.75 Å². The minimum atomic E-state index is -0.405. The molecular weight excluding hydrogens is 266 g/mol. The summed E-state index contributed by atoms with van der Waals surface area (Å²) in [6, 6.07) is 7.75. The molecule has 0 unspecified atom stereocenters. The number of nitrogens with zero attached hydrogens (tertiary/aromatic N) is 2. The zero-order valence-electron chi connectivity index (χ0n) is 12.9. The van der Waals surface area contributed by atoms with E-state index in [0.717, 1.165) is 44.9 Å². The van der Waals surface area contributed by atoms with Crippen LogP contribution in [-0.4, -0.2) is 55.0 Å². The Morgan fingerprint density at radius 1 is 1.24 bits per heavy atom. The van der Waals surface area contributed by atoms with Crippen LogP contribution in [-0.2, 0) is 11.3 Å². The van der Waals surface area contributed by atoms with Gasteiger partial charge in [-0.3, -0.25) is 9.69 Å². The van der Waals surface area contributed by atoms with Crippen LogP contribution < -0.4 is 10.5 Å². The van der Waals surface area contributed by atoms with Gasteiger partial charge in [0.2, 0.25) is 5.91 Å². The molecule has 116 valence electrons.